The largest absolute Gasteiger partial charge is 0.399 e. The van der Waals surface area contributed by atoms with Crippen LogP contribution in [0.3, 0.4) is 0 Å². The van der Waals surface area contributed by atoms with Gasteiger partial charge >= 0.3 is 0 Å². The Kier molecular flexibility index (Phi) is 8.51. The Morgan fingerprint density at radius 2 is 1.86 bits per heavy atom. The average Bonchev–Trinajstić information content (AvgIpc) is 2.49. The first-order valence-electron chi connectivity index (χ1n) is 7.94. The van der Waals surface area contributed by atoms with Gasteiger partial charge in [-0.1, -0.05) is 38.7 Å². The molecule has 0 saturated heterocycles. The predicted molar refractivity (Wildman–Crippen MR) is 87.2 cm³/mol. The van der Waals surface area contributed by atoms with Crippen LogP contribution in [0.25, 0.3) is 0 Å². The predicted octanol–water partition coefficient (Wildman–Crippen LogP) is 3.06. The molecule has 1 rings (SSSR count). The molecule has 0 aromatic heterocycles. The van der Waals surface area contributed by atoms with Gasteiger partial charge in [0.1, 0.15) is 0 Å². The van der Waals surface area contributed by atoms with Gasteiger partial charge in [0.25, 0.3) is 5.91 Å². The second kappa shape index (κ2) is 10.2. The fourth-order valence-corrected chi connectivity index (χ4v) is 2.34. The van der Waals surface area contributed by atoms with E-state index in [1.165, 1.54) is 19.3 Å². The number of aliphatic hydroxyl groups is 1. The number of anilines is 1. The van der Waals surface area contributed by atoms with Gasteiger partial charge in [-0.15, -0.1) is 0 Å². The molecule has 0 aliphatic carbocycles. The Labute approximate surface area is 128 Å². The van der Waals surface area contributed by atoms with E-state index in [9.17, 15) is 4.79 Å². The first-order valence-corrected chi connectivity index (χ1v) is 7.94. The number of hydrogen-bond donors (Lipinski definition) is 2. The molecule has 3 N–H and O–H groups in total. The summed E-state index contributed by atoms with van der Waals surface area (Å²) in [5.74, 6) is 0.00578. The highest BCUT2D eigenvalue weighted by atomic mass is 16.3. The topological polar surface area (TPSA) is 66.6 Å². The number of amides is 1. The fraction of sp³-hybridized carbons (Fsp3) is 0.588. The van der Waals surface area contributed by atoms with Crippen LogP contribution in [0.15, 0.2) is 24.3 Å². The van der Waals surface area contributed by atoms with Gasteiger partial charge < -0.3 is 15.7 Å². The van der Waals surface area contributed by atoms with Crippen LogP contribution in [0.2, 0.25) is 0 Å². The smallest absolute Gasteiger partial charge is 0.253 e. The zero-order chi connectivity index (χ0) is 15.5. The summed E-state index contributed by atoms with van der Waals surface area (Å²) in [6, 6.07) is 7.08. The Bertz CT molecular complexity index is 421. The summed E-state index contributed by atoms with van der Waals surface area (Å²) in [6.45, 7) is 3.64. The van der Waals surface area contributed by atoms with E-state index in [0.29, 0.717) is 24.2 Å². The van der Waals surface area contributed by atoms with Crippen LogP contribution in [0.4, 0.5) is 5.69 Å². The Balaban J connectivity index is 2.56. The molecule has 0 heterocycles. The molecule has 4 nitrogen and oxygen atoms in total. The van der Waals surface area contributed by atoms with Gasteiger partial charge in [-0.05, 0) is 31.0 Å². The third-order valence-electron chi connectivity index (χ3n) is 3.54. The monoisotopic (exact) mass is 292 g/mol. The molecule has 0 saturated carbocycles. The van der Waals surface area contributed by atoms with Crippen molar-refractivity contribution < 1.29 is 9.90 Å². The summed E-state index contributed by atoms with van der Waals surface area (Å²) < 4.78 is 0. The number of nitrogens with two attached hydrogens (primary N) is 1. The summed E-state index contributed by atoms with van der Waals surface area (Å²) in [4.78, 5) is 14.3. The molecule has 1 aromatic rings. The number of nitrogen functional groups attached to an aromatic ring is 1. The van der Waals surface area contributed by atoms with E-state index >= 15 is 0 Å². The van der Waals surface area contributed by atoms with Crippen LogP contribution < -0.4 is 5.73 Å². The van der Waals surface area contributed by atoms with Crippen LogP contribution >= 0.6 is 0 Å². The number of hydrogen-bond acceptors (Lipinski definition) is 3. The van der Waals surface area contributed by atoms with E-state index in [4.69, 9.17) is 10.8 Å². The molecule has 0 radical (unpaired) electrons. The van der Waals surface area contributed by atoms with E-state index in [-0.39, 0.29) is 12.5 Å². The van der Waals surface area contributed by atoms with Crippen molar-refractivity contribution in [3.8, 4) is 0 Å². The van der Waals surface area contributed by atoms with Crippen LogP contribution in [0.1, 0.15) is 55.8 Å². The van der Waals surface area contributed by atoms with Crippen molar-refractivity contribution in [2.24, 2.45) is 0 Å². The van der Waals surface area contributed by atoms with Crippen molar-refractivity contribution in [2.45, 2.75) is 45.4 Å². The summed E-state index contributed by atoms with van der Waals surface area (Å²) in [7, 11) is 0. The summed E-state index contributed by atoms with van der Waals surface area (Å²) >= 11 is 0. The third-order valence-corrected chi connectivity index (χ3v) is 3.54. The molecule has 1 aromatic carbocycles. The van der Waals surface area contributed by atoms with E-state index in [2.05, 4.69) is 6.92 Å². The van der Waals surface area contributed by atoms with Gasteiger partial charge in [0.05, 0.1) is 0 Å². The molecular weight excluding hydrogens is 264 g/mol. The maximum Gasteiger partial charge on any atom is 0.253 e. The van der Waals surface area contributed by atoms with Crippen LogP contribution in [0.5, 0.6) is 0 Å². The number of benzene rings is 1. The Morgan fingerprint density at radius 3 is 2.52 bits per heavy atom. The van der Waals surface area contributed by atoms with Gasteiger partial charge in [0, 0.05) is 30.9 Å². The number of carbonyl (C=O) groups excluding carboxylic acids is 1. The first-order chi connectivity index (χ1) is 10.2. The summed E-state index contributed by atoms with van der Waals surface area (Å²) in [5, 5.41) is 9.00. The van der Waals surface area contributed by atoms with E-state index in [0.717, 1.165) is 19.4 Å². The Morgan fingerprint density at radius 1 is 1.14 bits per heavy atom. The van der Waals surface area contributed by atoms with Crippen molar-refractivity contribution in [1.29, 1.82) is 0 Å². The summed E-state index contributed by atoms with van der Waals surface area (Å²) in [5.41, 5.74) is 6.97. The van der Waals surface area contributed by atoms with Gasteiger partial charge in [-0.25, -0.2) is 0 Å². The number of rotatable bonds is 10. The highest BCUT2D eigenvalue weighted by Crippen LogP contribution is 2.12. The van der Waals surface area contributed by atoms with Gasteiger partial charge in [-0.3, -0.25) is 4.79 Å². The summed E-state index contributed by atoms with van der Waals surface area (Å²) in [6.07, 6.45) is 6.46. The number of nitrogens with zero attached hydrogens (tertiary/aromatic N) is 1. The van der Waals surface area contributed by atoms with E-state index < -0.39 is 0 Å². The lowest BCUT2D eigenvalue weighted by Crippen LogP contribution is -2.33. The molecule has 0 bridgehead atoms. The number of carbonyl (C=O) groups is 1. The number of aliphatic hydroxyl groups excluding tert-OH is 1. The lowest BCUT2D eigenvalue weighted by atomic mass is 10.1. The van der Waals surface area contributed by atoms with Crippen LogP contribution in [-0.2, 0) is 0 Å². The maximum atomic E-state index is 12.5. The van der Waals surface area contributed by atoms with Crippen molar-refractivity contribution in [1.82, 2.24) is 4.90 Å². The second-order valence-corrected chi connectivity index (χ2v) is 5.41. The quantitative estimate of drug-likeness (QED) is 0.514. The van der Waals surface area contributed by atoms with Gasteiger partial charge in [0.15, 0.2) is 0 Å². The molecule has 0 aliphatic rings. The highest BCUT2D eigenvalue weighted by Gasteiger charge is 2.15. The molecule has 0 aliphatic heterocycles. The van der Waals surface area contributed by atoms with E-state index in [1.54, 1.807) is 24.3 Å². The van der Waals surface area contributed by atoms with Crippen molar-refractivity contribution >= 4 is 11.6 Å². The SMILES string of the molecule is CCCCCCCN(CCCO)C(=O)c1cccc(N)c1. The molecule has 0 spiro atoms. The molecule has 0 fully saturated rings. The minimum Gasteiger partial charge on any atom is -0.399 e. The lowest BCUT2D eigenvalue weighted by Gasteiger charge is -2.22. The minimum atomic E-state index is 0.00578. The fourth-order valence-electron chi connectivity index (χ4n) is 2.34. The lowest BCUT2D eigenvalue weighted by molar-refractivity contribution is 0.0741. The maximum absolute atomic E-state index is 12.5. The van der Waals surface area contributed by atoms with E-state index in [1.807, 2.05) is 4.90 Å². The first kappa shape index (κ1) is 17.5. The third kappa shape index (κ3) is 6.63. The molecule has 4 heteroatoms. The Hall–Kier alpha value is -1.55. The zero-order valence-corrected chi connectivity index (χ0v) is 13.1. The van der Waals surface area contributed by atoms with Crippen molar-refractivity contribution in [2.75, 3.05) is 25.4 Å². The number of unbranched alkanes of at least 4 members (excludes halogenated alkanes) is 4. The van der Waals surface area contributed by atoms with Crippen molar-refractivity contribution in [3.05, 3.63) is 29.8 Å². The molecule has 118 valence electrons. The van der Waals surface area contributed by atoms with Crippen LogP contribution in [0, 0.1) is 0 Å². The van der Waals surface area contributed by atoms with Gasteiger partial charge in [0.2, 0.25) is 0 Å². The molecule has 21 heavy (non-hydrogen) atoms. The zero-order valence-electron chi connectivity index (χ0n) is 13.1. The molecule has 0 unspecified atom stereocenters. The molecular formula is C17H28N2O2. The van der Waals surface area contributed by atoms with Gasteiger partial charge in [-0.2, -0.15) is 0 Å². The normalized spacial score (nSPS) is 10.6. The van der Waals surface area contributed by atoms with Crippen LogP contribution in [-0.4, -0.2) is 35.6 Å². The minimum absolute atomic E-state index is 0.00578. The molecule has 1 amide bonds. The second-order valence-electron chi connectivity index (χ2n) is 5.41. The average molecular weight is 292 g/mol. The van der Waals surface area contributed by atoms with Crippen molar-refractivity contribution in [3.63, 3.8) is 0 Å². The highest BCUT2D eigenvalue weighted by molar-refractivity contribution is 5.95. The standard InChI is InChI=1S/C17H28N2O2/c1-2-3-4-5-6-11-19(12-8-13-20)17(21)15-9-7-10-16(18)14-15/h7,9-10,14,20H,2-6,8,11-13,18H2,1H3. The molecule has 0 atom stereocenters.